The lowest BCUT2D eigenvalue weighted by Crippen LogP contribution is -2.47. The SMILES string of the molecule is CCS(=O)(=O)N1CCC(C(=O)N[C@H](CO)C(C)C)CC1. The number of nitrogens with one attached hydrogen (secondary N) is 1. The molecule has 1 rings (SSSR count). The van der Waals surface area contributed by atoms with E-state index in [4.69, 9.17) is 0 Å². The number of hydrogen-bond acceptors (Lipinski definition) is 4. The van der Waals surface area contributed by atoms with Crippen LogP contribution in [0.4, 0.5) is 0 Å². The molecule has 1 aliphatic rings. The predicted molar refractivity (Wildman–Crippen MR) is 77.6 cm³/mol. The first kappa shape index (κ1) is 17.4. The minimum Gasteiger partial charge on any atom is -0.394 e. The lowest BCUT2D eigenvalue weighted by molar-refractivity contribution is -0.127. The number of aliphatic hydroxyl groups is 1. The molecule has 20 heavy (non-hydrogen) atoms. The van der Waals surface area contributed by atoms with Crippen LogP contribution in [-0.2, 0) is 14.8 Å². The van der Waals surface area contributed by atoms with Crippen LogP contribution in [0.2, 0.25) is 0 Å². The second kappa shape index (κ2) is 7.38. The fourth-order valence-corrected chi connectivity index (χ4v) is 3.43. The summed E-state index contributed by atoms with van der Waals surface area (Å²) in [7, 11) is -3.15. The molecule has 0 spiro atoms. The summed E-state index contributed by atoms with van der Waals surface area (Å²) in [5.41, 5.74) is 0. The molecule has 118 valence electrons. The van der Waals surface area contributed by atoms with Gasteiger partial charge in [-0.15, -0.1) is 0 Å². The third-order valence-corrected chi connectivity index (χ3v) is 5.79. The number of piperidine rings is 1. The molecule has 0 radical (unpaired) electrons. The second-order valence-electron chi connectivity index (χ2n) is 5.62. The number of hydrogen-bond donors (Lipinski definition) is 2. The van der Waals surface area contributed by atoms with Crippen LogP contribution in [0.25, 0.3) is 0 Å². The van der Waals surface area contributed by atoms with Crippen molar-refractivity contribution in [3.05, 3.63) is 0 Å². The summed E-state index contributed by atoms with van der Waals surface area (Å²) in [6.45, 7) is 6.24. The largest absolute Gasteiger partial charge is 0.394 e. The third kappa shape index (κ3) is 4.43. The highest BCUT2D eigenvalue weighted by Crippen LogP contribution is 2.20. The van der Waals surface area contributed by atoms with Gasteiger partial charge in [0.1, 0.15) is 0 Å². The van der Waals surface area contributed by atoms with Crippen LogP contribution in [0.15, 0.2) is 0 Å². The van der Waals surface area contributed by atoms with Crippen molar-refractivity contribution in [1.82, 2.24) is 9.62 Å². The summed E-state index contributed by atoms with van der Waals surface area (Å²) < 4.78 is 24.9. The number of carbonyl (C=O) groups excluding carboxylic acids is 1. The first-order valence-electron chi connectivity index (χ1n) is 7.20. The Balaban J connectivity index is 2.51. The molecule has 0 aliphatic carbocycles. The highest BCUT2D eigenvalue weighted by atomic mass is 32.2. The summed E-state index contributed by atoms with van der Waals surface area (Å²) in [5, 5.41) is 12.1. The summed E-state index contributed by atoms with van der Waals surface area (Å²) in [5.74, 6) is 0.0333. The Bertz CT molecular complexity index is 414. The van der Waals surface area contributed by atoms with Crippen molar-refractivity contribution in [2.45, 2.75) is 39.7 Å². The molecule has 1 amide bonds. The molecule has 1 heterocycles. The molecule has 6 nitrogen and oxygen atoms in total. The molecule has 0 unspecified atom stereocenters. The molecule has 0 aromatic carbocycles. The van der Waals surface area contributed by atoms with Gasteiger partial charge in [-0.25, -0.2) is 12.7 Å². The number of carbonyl (C=O) groups is 1. The number of rotatable bonds is 6. The van der Waals surface area contributed by atoms with E-state index >= 15 is 0 Å². The van der Waals surface area contributed by atoms with Gasteiger partial charge in [-0.2, -0.15) is 0 Å². The van der Waals surface area contributed by atoms with Gasteiger partial charge in [0.15, 0.2) is 0 Å². The zero-order chi connectivity index (χ0) is 15.3. The smallest absolute Gasteiger partial charge is 0.223 e. The van der Waals surface area contributed by atoms with E-state index in [0.717, 1.165) is 0 Å². The molecule has 1 saturated heterocycles. The topological polar surface area (TPSA) is 86.7 Å². The highest BCUT2D eigenvalue weighted by molar-refractivity contribution is 7.89. The lowest BCUT2D eigenvalue weighted by atomic mass is 9.96. The monoisotopic (exact) mass is 306 g/mol. The van der Waals surface area contributed by atoms with Gasteiger partial charge < -0.3 is 10.4 Å². The molecule has 7 heteroatoms. The number of sulfonamides is 1. The van der Waals surface area contributed by atoms with Crippen molar-refractivity contribution in [3.63, 3.8) is 0 Å². The molecule has 0 aromatic rings. The molecular weight excluding hydrogens is 280 g/mol. The minimum absolute atomic E-state index is 0.0769. The van der Waals surface area contributed by atoms with E-state index < -0.39 is 10.0 Å². The Morgan fingerprint density at radius 3 is 2.30 bits per heavy atom. The molecule has 1 fully saturated rings. The molecule has 1 atom stereocenters. The van der Waals surface area contributed by atoms with E-state index in [1.165, 1.54) is 4.31 Å². The Morgan fingerprint density at radius 1 is 1.35 bits per heavy atom. The van der Waals surface area contributed by atoms with E-state index in [-0.39, 0.29) is 36.1 Å². The van der Waals surface area contributed by atoms with Gasteiger partial charge in [0.25, 0.3) is 0 Å². The van der Waals surface area contributed by atoms with Gasteiger partial charge >= 0.3 is 0 Å². The normalized spacial score (nSPS) is 20.1. The van der Waals surface area contributed by atoms with E-state index in [2.05, 4.69) is 5.32 Å². The molecule has 2 N–H and O–H groups in total. The van der Waals surface area contributed by atoms with Gasteiger partial charge in [0, 0.05) is 19.0 Å². The zero-order valence-electron chi connectivity index (χ0n) is 12.5. The number of amides is 1. The fraction of sp³-hybridized carbons (Fsp3) is 0.923. The molecule has 0 aromatic heterocycles. The third-order valence-electron chi connectivity index (χ3n) is 3.91. The van der Waals surface area contributed by atoms with E-state index in [1.807, 2.05) is 13.8 Å². The van der Waals surface area contributed by atoms with Gasteiger partial charge in [0.2, 0.25) is 15.9 Å². The van der Waals surface area contributed by atoms with Crippen molar-refractivity contribution in [3.8, 4) is 0 Å². The van der Waals surface area contributed by atoms with E-state index in [0.29, 0.717) is 25.9 Å². The number of nitrogens with zero attached hydrogens (tertiary/aromatic N) is 1. The summed E-state index contributed by atoms with van der Waals surface area (Å²) >= 11 is 0. The van der Waals surface area contributed by atoms with Crippen LogP contribution in [0.1, 0.15) is 33.6 Å². The lowest BCUT2D eigenvalue weighted by Gasteiger charge is -2.31. The Morgan fingerprint density at radius 2 is 1.90 bits per heavy atom. The molecule has 1 aliphatic heterocycles. The van der Waals surface area contributed by atoms with Gasteiger partial charge in [-0.05, 0) is 25.7 Å². The standard InChI is InChI=1S/C13H26N2O4S/c1-4-20(18,19)15-7-5-11(6-8-15)13(17)14-12(9-16)10(2)3/h10-12,16H,4-9H2,1-3H3,(H,14,17)/t12-/m1/s1. The van der Waals surface area contributed by atoms with Gasteiger partial charge in [-0.1, -0.05) is 13.8 Å². The Kier molecular flexibility index (Phi) is 6.42. The molecule has 0 bridgehead atoms. The highest BCUT2D eigenvalue weighted by Gasteiger charge is 2.31. The maximum absolute atomic E-state index is 12.1. The fourth-order valence-electron chi connectivity index (χ4n) is 2.30. The van der Waals surface area contributed by atoms with Crippen LogP contribution < -0.4 is 5.32 Å². The Hall–Kier alpha value is -0.660. The van der Waals surface area contributed by atoms with Crippen LogP contribution >= 0.6 is 0 Å². The first-order valence-corrected chi connectivity index (χ1v) is 8.81. The zero-order valence-corrected chi connectivity index (χ0v) is 13.3. The average molecular weight is 306 g/mol. The van der Waals surface area contributed by atoms with Crippen molar-refractivity contribution >= 4 is 15.9 Å². The van der Waals surface area contributed by atoms with Crippen LogP contribution in [0.3, 0.4) is 0 Å². The maximum Gasteiger partial charge on any atom is 0.223 e. The van der Waals surface area contributed by atoms with E-state index in [9.17, 15) is 18.3 Å². The predicted octanol–water partition coefficient (Wildman–Crippen LogP) is 0.181. The van der Waals surface area contributed by atoms with Gasteiger partial charge in [0.05, 0.1) is 18.4 Å². The maximum atomic E-state index is 12.1. The molecule has 0 saturated carbocycles. The van der Waals surface area contributed by atoms with Crippen molar-refractivity contribution < 1.29 is 18.3 Å². The number of aliphatic hydroxyl groups excluding tert-OH is 1. The van der Waals surface area contributed by atoms with Crippen molar-refractivity contribution in [2.75, 3.05) is 25.4 Å². The quantitative estimate of drug-likeness (QED) is 0.733. The van der Waals surface area contributed by atoms with Crippen LogP contribution in [0.5, 0.6) is 0 Å². The summed E-state index contributed by atoms with van der Waals surface area (Å²) in [6.07, 6.45) is 1.09. The average Bonchev–Trinajstić information content (AvgIpc) is 2.44. The minimum atomic E-state index is -3.15. The Labute approximate surface area is 121 Å². The van der Waals surface area contributed by atoms with Crippen molar-refractivity contribution in [2.24, 2.45) is 11.8 Å². The van der Waals surface area contributed by atoms with Crippen LogP contribution in [0, 0.1) is 11.8 Å². The van der Waals surface area contributed by atoms with Crippen molar-refractivity contribution in [1.29, 1.82) is 0 Å². The van der Waals surface area contributed by atoms with E-state index in [1.54, 1.807) is 6.92 Å². The molecular formula is C13H26N2O4S. The summed E-state index contributed by atoms with van der Waals surface area (Å²) in [6, 6.07) is -0.236. The van der Waals surface area contributed by atoms with Crippen LogP contribution in [-0.4, -0.2) is 55.2 Å². The second-order valence-corrected chi connectivity index (χ2v) is 7.87. The first-order chi connectivity index (χ1) is 9.31. The van der Waals surface area contributed by atoms with Gasteiger partial charge in [-0.3, -0.25) is 4.79 Å². The summed E-state index contributed by atoms with van der Waals surface area (Å²) in [4.78, 5) is 12.1.